The number of rotatable bonds is 4. The Hall–Kier alpha value is -2.48. The van der Waals surface area contributed by atoms with Crippen LogP contribution in [0, 0.1) is 0 Å². The summed E-state index contributed by atoms with van der Waals surface area (Å²) < 4.78 is 20.6. The number of piperidine rings is 2. The number of esters is 1. The summed E-state index contributed by atoms with van der Waals surface area (Å²) in [5.74, 6) is -1.13. The van der Waals surface area contributed by atoms with Crippen LogP contribution in [0.15, 0.2) is 18.2 Å². The summed E-state index contributed by atoms with van der Waals surface area (Å²) in [5.41, 5.74) is 2.47. The van der Waals surface area contributed by atoms with E-state index in [1.165, 1.54) is 0 Å². The standard InChI is InChI=1S/C24H32FN3O4/c1-24(2,3)32-22(30)14-27-11-10-20(18(25)13-27)28-12-9-16-15(5-4-6-19(16)28)17-7-8-21(29)26-23(17)31/h4-6,17-18,20H,7-14H2,1-3H3,(H,26,29,31)/t17-,18+,20+/m1/s1. The molecule has 2 fully saturated rings. The smallest absolute Gasteiger partial charge is 0.320 e. The van der Waals surface area contributed by atoms with Crippen molar-refractivity contribution >= 4 is 23.5 Å². The summed E-state index contributed by atoms with van der Waals surface area (Å²) in [5, 5.41) is 2.44. The van der Waals surface area contributed by atoms with E-state index in [2.05, 4.69) is 10.2 Å². The van der Waals surface area contributed by atoms with Crippen molar-refractivity contribution in [1.29, 1.82) is 0 Å². The highest BCUT2D eigenvalue weighted by Crippen LogP contribution is 2.39. The van der Waals surface area contributed by atoms with E-state index in [0.717, 1.165) is 23.2 Å². The largest absolute Gasteiger partial charge is 0.459 e. The fourth-order valence-corrected chi connectivity index (χ4v) is 5.15. The summed E-state index contributed by atoms with van der Waals surface area (Å²) in [6.07, 6.45) is 1.14. The maximum absolute atomic E-state index is 15.3. The number of benzene rings is 1. The summed E-state index contributed by atoms with van der Waals surface area (Å²) in [7, 11) is 0. The average molecular weight is 446 g/mol. The van der Waals surface area contributed by atoms with E-state index in [0.29, 0.717) is 32.4 Å². The van der Waals surface area contributed by atoms with Gasteiger partial charge >= 0.3 is 5.97 Å². The summed E-state index contributed by atoms with van der Waals surface area (Å²) >= 11 is 0. The number of nitrogens with one attached hydrogen (secondary N) is 1. The van der Waals surface area contributed by atoms with Gasteiger partial charge in [0.15, 0.2) is 0 Å². The minimum absolute atomic E-state index is 0.0979. The lowest BCUT2D eigenvalue weighted by Crippen LogP contribution is -2.53. The van der Waals surface area contributed by atoms with Gasteiger partial charge < -0.3 is 9.64 Å². The Morgan fingerprint density at radius 1 is 1.19 bits per heavy atom. The molecule has 3 aliphatic rings. The Morgan fingerprint density at radius 3 is 2.66 bits per heavy atom. The molecule has 32 heavy (non-hydrogen) atoms. The quantitative estimate of drug-likeness (QED) is 0.566. The maximum atomic E-state index is 15.3. The molecule has 3 atom stereocenters. The van der Waals surface area contributed by atoms with Gasteiger partial charge in [-0.2, -0.15) is 0 Å². The molecule has 3 aliphatic heterocycles. The van der Waals surface area contributed by atoms with Gasteiger partial charge in [0.2, 0.25) is 11.8 Å². The first kappa shape index (κ1) is 22.7. The minimum Gasteiger partial charge on any atom is -0.459 e. The number of nitrogens with zero attached hydrogens (tertiary/aromatic N) is 2. The van der Waals surface area contributed by atoms with E-state index in [9.17, 15) is 14.4 Å². The molecule has 1 aromatic carbocycles. The van der Waals surface area contributed by atoms with E-state index in [-0.39, 0.29) is 42.8 Å². The number of anilines is 1. The average Bonchev–Trinajstić information content (AvgIpc) is 3.11. The molecule has 2 saturated heterocycles. The van der Waals surface area contributed by atoms with E-state index in [4.69, 9.17) is 4.74 Å². The van der Waals surface area contributed by atoms with E-state index in [1.807, 2.05) is 43.9 Å². The molecule has 0 aliphatic carbocycles. The molecule has 174 valence electrons. The number of amides is 2. The third-order valence-corrected chi connectivity index (χ3v) is 6.48. The van der Waals surface area contributed by atoms with Crippen molar-refractivity contribution in [2.24, 2.45) is 0 Å². The normalized spacial score (nSPS) is 26.6. The molecular formula is C24H32FN3O4. The third-order valence-electron chi connectivity index (χ3n) is 6.48. The van der Waals surface area contributed by atoms with Gasteiger partial charge in [-0.3, -0.25) is 24.6 Å². The zero-order chi connectivity index (χ0) is 23.0. The lowest BCUT2D eigenvalue weighted by atomic mass is 9.86. The molecule has 2 amide bonds. The predicted octanol–water partition coefficient (Wildman–Crippen LogP) is 2.32. The molecule has 7 nitrogen and oxygen atoms in total. The third kappa shape index (κ3) is 4.80. The van der Waals surface area contributed by atoms with Crippen LogP contribution in [0.2, 0.25) is 0 Å². The summed E-state index contributed by atoms with van der Waals surface area (Å²) in [4.78, 5) is 40.0. The zero-order valence-electron chi connectivity index (χ0n) is 19.0. The Bertz CT molecular complexity index is 913. The van der Waals surface area contributed by atoms with Crippen LogP contribution in [0.4, 0.5) is 10.1 Å². The van der Waals surface area contributed by atoms with Gasteiger partial charge in [-0.15, -0.1) is 0 Å². The number of hydrogen-bond acceptors (Lipinski definition) is 6. The molecule has 0 saturated carbocycles. The van der Waals surface area contributed by atoms with Crippen LogP contribution in [0.1, 0.15) is 57.1 Å². The van der Waals surface area contributed by atoms with Crippen LogP contribution in [-0.2, 0) is 25.5 Å². The van der Waals surface area contributed by atoms with Gasteiger partial charge in [-0.1, -0.05) is 12.1 Å². The molecule has 1 N–H and O–H groups in total. The van der Waals surface area contributed by atoms with Crippen LogP contribution in [-0.4, -0.2) is 66.7 Å². The number of likely N-dealkylation sites (tertiary alicyclic amines) is 1. The molecule has 0 unspecified atom stereocenters. The number of carbonyl (C=O) groups excluding carboxylic acids is 3. The molecule has 8 heteroatoms. The van der Waals surface area contributed by atoms with Crippen molar-refractivity contribution in [2.45, 2.75) is 70.2 Å². The Kier molecular flexibility index (Phi) is 6.25. The van der Waals surface area contributed by atoms with Crippen LogP contribution < -0.4 is 10.2 Å². The molecule has 0 radical (unpaired) electrons. The van der Waals surface area contributed by atoms with Gasteiger partial charge in [0.1, 0.15) is 11.8 Å². The van der Waals surface area contributed by atoms with Gasteiger partial charge in [0, 0.05) is 31.7 Å². The number of alkyl halides is 1. The topological polar surface area (TPSA) is 79.0 Å². The van der Waals surface area contributed by atoms with E-state index in [1.54, 1.807) is 0 Å². The molecule has 0 bridgehead atoms. The van der Waals surface area contributed by atoms with Crippen LogP contribution in [0.3, 0.4) is 0 Å². The van der Waals surface area contributed by atoms with Gasteiger partial charge in [0.05, 0.1) is 18.5 Å². The van der Waals surface area contributed by atoms with E-state index >= 15 is 4.39 Å². The fourth-order valence-electron chi connectivity index (χ4n) is 5.15. The highest BCUT2D eigenvalue weighted by molar-refractivity contribution is 6.01. The highest BCUT2D eigenvalue weighted by Gasteiger charge is 2.39. The molecular weight excluding hydrogens is 413 g/mol. The highest BCUT2D eigenvalue weighted by atomic mass is 19.1. The number of carbonyl (C=O) groups is 3. The van der Waals surface area contributed by atoms with Crippen molar-refractivity contribution in [3.8, 4) is 0 Å². The molecule has 4 rings (SSSR count). The lowest BCUT2D eigenvalue weighted by Gasteiger charge is -2.40. The number of hydrogen-bond donors (Lipinski definition) is 1. The maximum Gasteiger partial charge on any atom is 0.320 e. The number of halogens is 1. The van der Waals surface area contributed by atoms with Crippen molar-refractivity contribution in [3.63, 3.8) is 0 Å². The predicted molar refractivity (Wildman–Crippen MR) is 118 cm³/mol. The summed E-state index contributed by atoms with van der Waals surface area (Å²) in [6, 6.07) is 5.61. The second-order valence-corrected chi connectivity index (χ2v) is 9.99. The summed E-state index contributed by atoms with van der Waals surface area (Å²) in [6.45, 7) is 7.10. The van der Waals surface area contributed by atoms with Crippen molar-refractivity contribution in [3.05, 3.63) is 29.3 Å². The van der Waals surface area contributed by atoms with Gasteiger partial charge in [-0.25, -0.2) is 4.39 Å². The lowest BCUT2D eigenvalue weighted by molar-refractivity contribution is -0.156. The second kappa shape index (κ2) is 8.81. The van der Waals surface area contributed by atoms with Crippen LogP contribution >= 0.6 is 0 Å². The zero-order valence-corrected chi connectivity index (χ0v) is 19.0. The SMILES string of the molecule is CC(C)(C)OC(=O)CN1CC[C@H](N2CCc3c([C@H]4CCC(=O)NC4=O)cccc32)[C@@H](F)C1. The monoisotopic (exact) mass is 445 g/mol. The number of imide groups is 1. The molecule has 0 spiro atoms. The van der Waals surface area contributed by atoms with E-state index < -0.39 is 11.8 Å². The molecule has 3 heterocycles. The van der Waals surface area contributed by atoms with Crippen molar-refractivity contribution in [2.75, 3.05) is 31.1 Å². The number of fused-ring (bicyclic) bond motifs is 1. The first-order valence-corrected chi connectivity index (χ1v) is 11.4. The van der Waals surface area contributed by atoms with Gasteiger partial charge in [-0.05, 0) is 57.2 Å². The fraction of sp³-hybridized carbons (Fsp3) is 0.625. The number of ether oxygens (including phenoxy) is 1. The van der Waals surface area contributed by atoms with Crippen molar-refractivity contribution in [1.82, 2.24) is 10.2 Å². The van der Waals surface area contributed by atoms with Gasteiger partial charge in [0.25, 0.3) is 0 Å². The Morgan fingerprint density at radius 2 is 1.97 bits per heavy atom. The van der Waals surface area contributed by atoms with Crippen molar-refractivity contribution < 1.29 is 23.5 Å². The molecule has 0 aromatic heterocycles. The first-order chi connectivity index (χ1) is 15.1. The Labute approximate surface area is 188 Å². The van der Waals surface area contributed by atoms with Crippen LogP contribution in [0.25, 0.3) is 0 Å². The first-order valence-electron chi connectivity index (χ1n) is 11.4. The molecule has 1 aromatic rings. The minimum atomic E-state index is -1.09. The Balaban J connectivity index is 1.44. The van der Waals surface area contributed by atoms with Crippen LogP contribution in [0.5, 0.6) is 0 Å². The second-order valence-electron chi connectivity index (χ2n) is 9.99.